The summed E-state index contributed by atoms with van der Waals surface area (Å²) in [6.07, 6.45) is 9.23. The molecule has 0 N–H and O–H groups in total. The minimum Gasteiger partial charge on any atom is -0.309 e. The van der Waals surface area contributed by atoms with Gasteiger partial charge in [-0.25, -0.2) is 0 Å². The van der Waals surface area contributed by atoms with Gasteiger partial charge in [0.1, 0.15) is 0 Å². The number of anilines is 3. The molecule has 1 nitrogen and oxygen atoms in total. The molecule has 7 aromatic rings. The average molecular weight is 832 g/mol. The summed E-state index contributed by atoms with van der Waals surface area (Å²) in [6, 6.07) is 59.6. The molecule has 7 aliphatic rings. The molecule has 4 saturated carbocycles. The predicted molar refractivity (Wildman–Crippen MR) is 268 cm³/mol. The summed E-state index contributed by atoms with van der Waals surface area (Å²) in [5, 5.41) is 0. The van der Waals surface area contributed by atoms with Crippen molar-refractivity contribution in [2.45, 2.75) is 108 Å². The Kier molecular flexibility index (Phi) is 8.15. The van der Waals surface area contributed by atoms with Crippen molar-refractivity contribution in [2.75, 3.05) is 4.90 Å². The van der Waals surface area contributed by atoms with Crippen molar-refractivity contribution in [1.82, 2.24) is 0 Å². The first-order chi connectivity index (χ1) is 30.9. The summed E-state index contributed by atoms with van der Waals surface area (Å²) in [5.41, 5.74) is 23.8. The lowest BCUT2D eigenvalue weighted by Crippen LogP contribution is -2.55. The minimum absolute atomic E-state index is 0.0242. The van der Waals surface area contributed by atoms with E-state index >= 15 is 0 Å². The van der Waals surface area contributed by atoms with Crippen LogP contribution in [0.5, 0.6) is 0 Å². The monoisotopic (exact) mass is 831 g/mol. The minimum atomic E-state index is -0.135. The molecule has 1 spiro atoms. The fraction of sp³-hybridized carbons (Fsp3) is 0.333. The number of nitrogens with zero attached hydrogens (tertiary/aromatic N) is 1. The topological polar surface area (TPSA) is 3.24 Å². The zero-order valence-corrected chi connectivity index (χ0v) is 38.6. The van der Waals surface area contributed by atoms with E-state index in [0.717, 1.165) is 11.8 Å². The highest BCUT2D eigenvalue weighted by atomic mass is 15.1. The van der Waals surface area contributed by atoms with E-state index < -0.39 is 0 Å². The van der Waals surface area contributed by atoms with E-state index in [0.29, 0.717) is 11.8 Å². The van der Waals surface area contributed by atoms with Gasteiger partial charge in [0.05, 0.1) is 5.69 Å². The van der Waals surface area contributed by atoms with Crippen molar-refractivity contribution in [2.24, 2.45) is 23.7 Å². The van der Waals surface area contributed by atoms with E-state index in [9.17, 15) is 0 Å². The molecule has 14 rings (SSSR count). The SMILES string of the molecule is CC1(C)CCC(C)(C)c2cc(N(c3ccc4c(c3)C(C)(C)c3ccccc3-4)c3c(-c4ccccc4)cc4c(c3-c3ccccc3)C3(c5ccccc5-4)C4CC5CC(C4)CC3C5)ccc21. The third-order valence-electron chi connectivity index (χ3n) is 18.1. The van der Waals surface area contributed by atoms with Gasteiger partial charge >= 0.3 is 0 Å². The van der Waals surface area contributed by atoms with Gasteiger partial charge in [-0.3, -0.25) is 0 Å². The predicted octanol–water partition coefficient (Wildman–Crippen LogP) is 16.9. The number of rotatable bonds is 5. The lowest BCUT2D eigenvalue weighted by atomic mass is 9.42. The Labute approximate surface area is 381 Å². The maximum Gasteiger partial charge on any atom is 0.0621 e. The Morgan fingerprint density at radius 3 is 1.58 bits per heavy atom. The molecule has 1 heteroatoms. The maximum atomic E-state index is 2.75. The van der Waals surface area contributed by atoms with Crippen LogP contribution in [0.3, 0.4) is 0 Å². The Morgan fingerprint density at radius 2 is 0.922 bits per heavy atom. The molecule has 318 valence electrons. The Bertz CT molecular complexity index is 3010. The fourth-order valence-electron chi connectivity index (χ4n) is 15.2. The van der Waals surface area contributed by atoms with Crippen molar-refractivity contribution in [3.05, 3.63) is 185 Å². The summed E-state index contributed by atoms with van der Waals surface area (Å²) >= 11 is 0. The van der Waals surface area contributed by atoms with Crippen LogP contribution in [0.15, 0.2) is 152 Å². The largest absolute Gasteiger partial charge is 0.309 e. The molecule has 0 amide bonds. The summed E-state index contributed by atoms with van der Waals surface area (Å²) in [5.74, 6) is 3.02. The van der Waals surface area contributed by atoms with Gasteiger partial charge in [-0.2, -0.15) is 0 Å². The second-order valence-corrected chi connectivity index (χ2v) is 22.8. The standard InChI is InChI=1S/C63H61N/c1-60(2)29-30-61(3,4)56-37-46(26-28-54(56)60)64(45-25-27-49-47-21-13-15-23-52(47)62(5,6)55(49)36-45)59-50(41-17-9-7-10-18-41)38-51-48-22-14-16-24-53(48)63(58(51)57(59)42-19-11-8-12-20-42)43-32-39-31-40(34-43)35-44(63)33-39/h7-28,36-40,43-44H,29-35H2,1-6H3. The highest BCUT2D eigenvalue weighted by molar-refractivity contribution is 6.05. The molecule has 0 atom stereocenters. The van der Waals surface area contributed by atoms with Gasteiger partial charge in [-0.15, -0.1) is 0 Å². The van der Waals surface area contributed by atoms with E-state index in [1.807, 2.05) is 0 Å². The van der Waals surface area contributed by atoms with Gasteiger partial charge in [0, 0.05) is 33.3 Å². The molecule has 0 unspecified atom stereocenters. The molecule has 0 radical (unpaired) electrons. The Balaban J connectivity index is 1.19. The second kappa shape index (κ2) is 13.4. The zero-order chi connectivity index (χ0) is 43.3. The first-order valence-corrected chi connectivity index (χ1v) is 24.6. The first-order valence-electron chi connectivity index (χ1n) is 24.6. The van der Waals surface area contributed by atoms with Gasteiger partial charge in [0.15, 0.2) is 0 Å². The number of hydrogen-bond donors (Lipinski definition) is 0. The Hall–Kier alpha value is -5.66. The van der Waals surface area contributed by atoms with Crippen molar-refractivity contribution in [1.29, 1.82) is 0 Å². The van der Waals surface area contributed by atoms with Crippen LogP contribution < -0.4 is 4.90 Å². The van der Waals surface area contributed by atoms with Crippen LogP contribution in [-0.4, -0.2) is 0 Å². The van der Waals surface area contributed by atoms with Gasteiger partial charge in [-0.1, -0.05) is 163 Å². The van der Waals surface area contributed by atoms with Gasteiger partial charge in [-0.05, 0) is 177 Å². The highest BCUT2D eigenvalue weighted by Gasteiger charge is 2.62. The second-order valence-electron chi connectivity index (χ2n) is 22.8. The molecule has 7 aliphatic carbocycles. The van der Waals surface area contributed by atoms with Crippen LogP contribution in [0.4, 0.5) is 17.1 Å². The molecule has 4 fully saturated rings. The van der Waals surface area contributed by atoms with Crippen LogP contribution in [0.2, 0.25) is 0 Å². The highest BCUT2D eigenvalue weighted by Crippen LogP contribution is 2.72. The van der Waals surface area contributed by atoms with Crippen LogP contribution in [0.25, 0.3) is 44.5 Å². The molecular weight excluding hydrogens is 771 g/mol. The molecule has 0 aromatic heterocycles. The van der Waals surface area contributed by atoms with Crippen LogP contribution >= 0.6 is 0 Å². The quantitative estimate of drug-likeness (QED) is 0.167. The molecule has 0 heterocycles. The number of benzene rings is 7. The summed E-state index contributed by atoms with van der Waals surface area (Å²) in [4.78, 5) is 2.75. The molecular formula is C63H61N. The van der Waals surface area contributed by atoms with Crippen LogP contribution in [-0.2, 0) is 21.7 Å². The van der Waals surface area contributed by atoms with Crippen molar-refractivity contribution in [3.8, 4) is 44.5 Å². The van der Waals surface area contributed by atoms with E-state index in [1.54, 1.807) is 11.1 Å². The van der Waals surface area contributed by atoms with Gasteiger partial charge in [0.25, 0.3) is 0 Å². The summed E-state index contributed by atoms with van der Waals surface area (Å²) in [7, 11) is 0. The zero-order valence-electron chi connectivity index (χ0n) is 38.6. The van der Waals surface area contributed by atoms with E-state index in [1.165, 1.54) is 129 Å². The number of hydrogen-bond acceptors (Lipinski definition) is 1. The first kappa shape index (κ1) is 38.8. The van der Waals surface area contributed by atoms with Crippen LogP contribution in [0, 0.1) is 23.7 Å². The molecule has 4 bridgehead atoms. The summed E-state index contributed by atoms with van der Waals surface area (Å²) in [6.45, 7) is 14.8. The normalized spacial score (nSPS) is 25.3. The van der Waals surface area contributed by atoms with Crippen molar-refractivity contribution in [3.63, 3.8) is 0 Å². The van der Waals surface area contributed by atoms with E-state index in [4.69, 9.17) is 0 Å². The average Bonchev–Trinajstić information content (AvgIpc) is 3.72. The third-order valence-corrected chi connectivity index (χ3v) is 18.1. The van der Waals surface area contributed by atoms with E-state index in [2.05, 4.69) is 198 Å². The van der Waals surface area contributed by atoms with Crippen LogP contribution in [0.1, 0.15) is 120 Å². The maximum absolute atomic E-state index is 2.75. The molecule has 7 aromatic carbocycles. The molecule has 64 heavy (non-hydrogen) atoms. The fourth-order valence-corrected chi connectivity index (χ4v) is 15.2. The Morgan fingerprint density at radius 1 is 0.406 bits per heavy atom. The van der Waals surface area contributed by atoms with E-state index in [-0.39, 0.29) is 21.7 Å². The van der Waals surface area contributed by atoms with Crippen molar-refractivity contribution < 1.29 is 0 Å². The summed E-state index contributed by atoms with van der Waals surface area (Å²) < 4.78 is 0. The van der Waals surface area contributed by atoms with Gasteiger partial charge < -0.3 is 4.90 Å². The molecule has 0 saturated heterocycles. The smallest absolute Gasteiger partial charge is 0.0621 e. The lowest BCUT2D eigenvalue weighted by molar-refractivity contribution is -0.0397. The lowest BCUT2D eigenvalue weighted by Gasteiger charge is -2.61. The van der Waals surface area contributed by atoms with Gasteiger partial charge in [0.2, 0.25) is 0 Å². The third kappa shape index (κ3) is 5.25. The van der Waals surface area contributed by atoms with Crippen molar-refractivity contribution >= 4 is 17.1 Å². The molecule has 0 aliphatic heterocycles. The number of fused-ring (bicyclic) bond motifs is 7.